The van der Waals surface area contributed by atoms with Crippen LogP contribution in [0.3, 0.4) is 0 Å². The Hall–Kier alpha value is -3.04. The van der Waals surface area contributed by atoms with Crippen molar-refractivity contribution < 1.29 is 27.5 Å². The summed E-state index contributed by atoms with van der Waals surface area (Å²) < 4.78 is 45.4. The van der Waals surface area contributed by atoms with Crippen LogP contribution in [0, 0.1) is 0 Å². The molecule has 3 rings (SSSR count). The Labute approximate surface area is 171 Å². The van der Waals surface area contributed by atoms with Crippen LogP contribution in [0.4, 0.5) is 29.3 Å². The first kappa shape index (κ1) is 21.7. The number of carbonyl (C=O) groups is 2. The molecular formula is C20H23F3N4O3. The lowest BCUT2D eigenvalue weighted by Crippen LogP contribution is -2.49. The van der Waals surface area contributed by atoms with Gasteiger partial charge in [-0.05, 0) is 58.9 Å². The first-order valence-electron chi connectivity index (χ1n) is 9.38. The predicted octanol–water partition coefficient (Wildman–Crippen LogP) is 4.86. The predicted molar refractivity (Wildman–Crippen MR) is 105 cm³/mol. The fraction of sp³-hybridized carbons (Fsp3) is 0.450. The van der Waals surface area contributed by atoms with Gasteiger partial charge in [0.25, 0.3) is 5.91 Å². The molecule has 0 saturated carbocycles. The molecule has 10 heteroatoms. The lowest BCUT2D eigenvalue weighted by atomic mass is 10.0. The van der Waals surface area contributed by atoms with Crippen molar-refractivity contribution in [1.82, 2.24) is 9.78 Å². The molecule has 1 aliphatic rings. The highest BCUT2D eigenvalue weighted by Crippen LogP contribution is 2.36. The van der Waals surface area contributed by atoms with Gasteiger partial charge >= 0.3 is 12.3 Å². The number of nitrogens with one attached hydrogen (secondary N) is 1. The number of carbonyl (C=O) groups excluding carboxylic acids is 2. The molecule has 0 aliphatic carbocycles. The summed E-state index contributed by atoms with van der Waals surface area (Å²) in [6, 6.07) is 3.73. The minimum Gasteiger partial charge on any atom is -0.444 e. The molecule has 30 heavy (non-hydrogen) atoms. The van der Waals surface area contributed by atoms with Crippen molar-refractivity contribution in [3.05, 3.63) is 41.7 Å². The average molecular weight is 424 g/mol. The Morgan fingerprint density at radius 3 is 2.23 bits per heavy atom. The maximum absolute atomic E-state index is 13.3. The molecule has 0 bridgehead atoms. The highest BCUT2D eigenvalue weighted by molar-refractivity contribution is 6.11. The molecule has 7 nitrogen and oxygen atoms in total. The van der Waals surface area contributed by atoms with Crippen molar-refractivity contribution in [3.63, 3.8) is 0 Å². The third kappa shape index (κ3) is 4.12. The normalized spacial score (nSPS) is 19.5. The van der Waals surface area contributed by atoms with Crippen molar-refractivity contribution >= 4 is 23.4 Å². The van der Waals surface area contributed by atoms with E-state index in [9.17, 15) is 22.8 Å². The highest BCUT2D eigenvalue weighted by Gasteiger charge is 2.39. The number of fused-ring (bicyclic) bond motifs is 1. The number of amides is 2. The van der Waals surface area contributed by atoms with E-state index < -0.39 is 29.3 Å². The number of halogens is 3. The second-order valence-electron chi connectivity index (χ2n) is 8.18. The van der Waals surface area contributed by atoms with E-state index >= 15 is 0 Å². The summed E-state index contributed by atoms with van der Waals surface area (Å²) in [5.74, 6) is -0.482. The summed E-state index contributed by atoms with van der Waals surface area (Å²) in [7, 11) is 0. The van der Waals surface area contributed by atoms with Gasteiger partial charge in [0.05, 0.1) is 29.5 Å². The van der Waals surface area contributed by atoms with Crippen LogP contribution in [-0.2, 0) is 10.9 Å². The third-order valence-electron chi connectivity index (χ3n) is 4.82. The number of alkyl halides is 3. The number of nitrogens with zero attached hydrogens (tertiary/aromatic N) is 3. The molecule has 0 fully saturated rings. The molecular weight excluding hydrogens is 401 g/mol. The van der Waals surface area contributed by atoms with Crippen molar-refractivity contribution in [3.8, 4) is 0 Å². The van der Waals surface area contributed by atoms with Crippen LogP contribution in [0.5, 0.6) is 0 Å². The van der Waals surface area contributed by atoms with Gasteiger partial charge in [0.1, 0.15) is 5.60 Å². The molecule has 0 unspecified atom stereocenters. The number of anilines is 2. The highest BCUT2D eigenvalue weighted by atomic mass is 19.4. The molecule has 162 valence electrons. The summed E-state index contributed by atoms with van der Waals surface area (Å²) in [4.78, 5) is 26.8. The lowest BCUT2D eigenvalue weighted by molar-refractivity contribution is -0.137. The quantitative estimate of drug-likeness (QED) is 0.747. The SMILES string of the molecule is C[C@H]1[C@H](C)n2ncc(NC(=O)OC(C)(C)C)c2C(=O)N1c1ccc(C(F)(F)F)cc1. The summed E-state index contributed by atoms with van der Waals surface area (Å²) in [6.07, 6.45) is -3.85. The molecule has 2 aromatic rings. The van der Waals surface area contributed by atoms with Crippen molar-refractivity contribution in [2.24, 2.45) is 0 Å². The molecule has 1 aliphatic heterocycles. The molecule has 0 saturated heterocycles. The number of ether oxygens (including phenoxy) is 1. The van der Waals surface area contributed by atoms with E-state index in [4.69, 9.17) is 4.74 Å². The van der Waals surface area contributed by atoms with Gasteiger partial charge in [-0.15, -0.1) is 0 Å². The molecule has 1 aromatic heterocycles. The van der Waals surface area contributed by atoms with Crippen molar-refractivity contribution in [2.75, 3.05) is 10.2 Å². The fourth-order valence-corrected chi connectivity index (χ4v) is 3.27. The van der Waals surface area contributed by atoms with Gasteiger partial charge in [-0.2, -0.15) is 18.3 Å². The molecule has 1 N–H and O–H groups in total. The second-order valence-corrected chi connectivity index (χ2v) is 8.18. The van der Waals surface area contributed by atoms with Crippen molar-refractivity contribution in [2.45, 2.75) is 58.5 Å². The Morgan fingerprint density at radius 2 is 1.70 bits per heavy atom. The Bertz CT molecular complexity index is 961. The van der Waals surface area contributed by atoms with Crippen LogP contribution in [0.25, 0.3) is 0 Å². The van der Waals surface area contributed by atoms with Gasteiger partial charge in [-0.3, -0.25) is 14.8 Å². The van der Waals surface area contributed by atoms with Crippen LogP contribution < -0.4 is 10.2 Å². The molecule has 0 radical (unpaired) electrons. The zero-order chi connectivity index (χ0) is 22.4. The number of hydrogen-bond donors (Lipinski definition) is 1. The van der Waals surface area contributed by atoms with Crippen molar-refractivity contribution in [1.29, 1.82) is 0 Å². The lowest BCUT2D eigenvalue weighted by Gasteiger charge is -2.38. The zero-order valence-electron chi connectivity index (χ0n) is 17.2. The van der Waals surface area contributed by atoms with Gasteiger partial charge in [-0.25, -0.2) is 4.79 Å². The standard InChI is InChI=1S/C20H23F3N4O3/c1-11-12(2)27-16(15(10-24-27)25-18(29)30-19(3,4)5)17(28)26(11)14-8-6-13(7-9-14)20(21,22)23/h6-12H,1-5H3,(H,25,29)/t11-,12-/m0/s1. The summed E-state index contributed by atoms with van der Waals surface area (Å²) in [5.41, 5.74) is -0.900. The maximum Gasteiger partial charge on any atom is 0.416 e. The monoisotopic (exact) mass is 424 g/mol. The number of hydrogen-bond acceptors (Lipinski definition) is 4. The van der Waals surface area contributed by atoms with E-state index in [1.807, 2.05) is 6.92 Å². The van der Waals surface area contributed by atoms with E-state index in [-0.39, 0.29) is 23.5 Å². The number of aromatic nitrogens is 2. The average Bonchev–Trinajstić information content (AvgIpc) is 3.02. The van der Waals surface area contributed by atoms with Gasteiger partial charge in [0.2, 0.25) is 0 Å². The Kier molecular flexibility index (Phi) is 5.30. The van der Waals surface area contributed by atoms with E-state index in [2.05, 4.69) is 10.4 Å². The van der Waals surface area contributed by atoms with Gasteiger partial charge in [-0.1, -0.05) is 0 Å². The summed E-state index contributed by atoms with van der Waals surface area (Å²) in [6.45, 7) is 8.75. The van der Waals surface area contributed by atoms with Gasteiger partial charge in [0.15, 0.2) is 5.69 Å². The van der Waals surface area contributed by atoms with E-state index in [1.165, 1.54) is 27.9 Å². The maximum atomic E-state index is 13.3. The summed E-state index contributed by atoms with van der Waals surface area (Å²) >= 11 is 0. The van der Waals surface area contributed by atoms with Crippen LogP contribution >= 0.6 is 0 Å². The molecule has 2 heterocycles. The van der Waals surface area contributed by atoms with E-state index in [0.717, 1.165) is 12.1 Å². The number of rotatable bonds is 2. The van der Waals surface area contributed by atoms with Crippen LogP contribution in [-0.4, -0.2) is 33.4 Å². The molecule has 2 amide bonds. The first-order valence-corrected chi connectivity index (χ1v) is 9.38. The van der Waals surface area contributed by atoms with E-state index in [1.54, 1.807) is 27.7 Å². The molecule has 1 aromatic carbocycles. The smallest absolute Gasteiger partial charge is 0.416 e. The second kappa shape index (κ2) is 7.33. The van der Waals surface area contributed by atoms with Crippen LogP contribution in [0.15, 0.2) is 30.5 Å². The Balaban J connectivity index is 1.94. The zero-order valence-corrected chi connectivity index (χ0v) is 17.2. The molecule has 2 atom stereocenters. The van der Waals surface area contributed by atoms with Gasteiger partial charge in [0, 0.05) is 5.69 Å². The number of benzene rings is 1. The van der Waals surface area contributed by atoms with Crippen LogP contribution in [0.2, 0.25) is 0 Å². The fourth-order valence-electron chi connectivity index (χ4n) is 3.27. The largest absolute Gasteiger partial charge is 0.444 e. The first-order chi connectivity index (χ1) is 13.8. The minimum atomic E-state index is -4.47. The topological polar surface area (TPSA) is 76.5 Å². The Morgan fingerprint density at radius 1 is 1.10 bits per heavy atom. The van der Waals surface area contributed by atoms with Gasteiger partial charge < -0.3 is 9.64 Å². The third-order valence-corrected chi connectivity index (χ3v) is 4.82. The minimum absolute atomic E-state index is 0.131. The summed E-state index contributed by atoms with van der Waals surface area (Å²) in [5, 5.41) is 6.75. The van der Waals surface area contributed by atoms with E-state index in [0.29, 0.717) is 5.69 Å². The molecule has 0 spiro atoms. The van der Waals surface area contributed by atoms with Crippen LogP contribution in [0.1, 0.15) is 56.7 Å².